The van der Waals surface area contributed by atoms with Crippen LogP contribution in [0.15, 0.2) is 35.4 Å². The van der Waals surface area contributed by atoms with Crippen molar-refractivity contribution in [2.45, 2.75) is 11.8 Å². The summed E-state index contributed by atoms with van der Waals surface area (Å²) in [6.45, 7) is 1.87. The average Bonchev–Trinajstić information content (AvgIpc) is 2.80. The van der Waals surface area contributed by atoms with E-state index in [0.29, 0.717) is 0 Å². The van der Waals surface area contributed by atoms with Crippen LogP contribution in [0.3, 0.4) is 0 Å². The summed E-state index contributed by atoms with van der Waals surface area (Å²) in [6.07, 6.45) is 1.25. The van der Waals surface area contributed by atoms with Crippen molar-refractivity contribution >= 4 is 21.7 Å². The van der Waals surface area contributed by atoms with Gasteiger partial charge in [-0.05, 0) is 19.1 Å². The lowest BCUT2D eigenvalue weighted by Gasteiger charge is -2.20. The SMILES string of the molecule is Cc1ccc(S(=O)(=O)N(C)c2c(C(N)=O)cnn2C)cc1. The molecule has 1 amide bonds. The van der Waals surface area contributed by atoms with Crippen LogP contribution in [0.25, 0.3) is 0 Å². The summed E-state index contributed by atoms with van der Waals surface area (Å²) in [6, 6.07) is 6.45. The second-order valence-electron chi connectivity index (χ2n) is 4.66. The molecule has 0 saturated heterocycles. The van der Waals surface area contributed by atoms with Gasteiger partial charge in [0.1, 0.15) is 5.56 Å². The van der Waals surface area contributed by atoms with E-state index >= 15 is 0 Å². The first-order chi connectivity index (χ1) is 9.75. The van der Waals surface area contributed by atoms with Gasteiger partial charge < -0.3 is 5.73 Å². The number of carbonyl (C=O) groups excluding carboxylic acids is 1. The molecule has 2 aromatic rings. The molecule has 0 aliphatic heterocycles. The second kappa shape index (κ2) is 5.21. The summed E-state index contributed by atoms with van der Waals surface area (Å²) in [5.74, 6) is -0.605. The molecule has 2 N–H and O–H groups in total. The van der Waals surface area contributed by atoms with Gasteiger partial charge in [0.05, 0.1) is 11.1 Å². The topological polar surface area (TPSA) is 98.3 Å². The van der Waals surface area contributed by atoms with Gasteiger partial charge in [-0.15, -0.1) is 0 Å². The second-order valence-corrected chi connectivity index (χ2v) is 6.62. The van der Waals surface area contributed by atoms with Gasteiger partial charge in [-0.25, -0.2) is 8.42 Å². The van der Waals surface area contributed by atoms with Crippen LogP contribution in [-0.4, -0.2) is 31.2 Å². The number of carbonyl (C=O) groups is 1. The molecule has 2 rings (SSSR count). The Morgan fingerprint density at radius 2 is 1.86 bits per heavy atom. The number of primary amides is 1. The van der Waals surface area contributed by atoms with Gasteiger partial charge in [-0.2, -0.15) is 5.10 Å². The van der Waals surface area contributed by atoms with Crippen molar-refractivity contribution in [2.24, 2.45) is 12.8 Å². The minimum atomic E-state index is -3.79. The van der Waals surface area contributed by atoms with Gasteiger partial charge in [0.15, 0.2) is 5.82 Å². The number of hydrogen-bond donors (Lipinski definition) is 1. The summed E-state index contributed by atoms with van der Waals surface area (Å²) >= 11 is 0. The number of benzene rings is 1. The van der Waals surface area contributed by atoms with E-state index in [9.17, 15) is 13.2 Å². The van der Waals surface area contributed by atoms with E-state index < -0.39 is 15.9 Å². The first kappa shape index (κ1) is 15.0. The van der Waals surface area contributed by atoms with Crippen molar-refractivity contribution in [1.29, 1.82) is 0 Å². The summed E-state index contributed by atoms with van der Waals surface area (Å²) in [4.78, 5) is 11.5. The van der Waals surface area contributed by atoms with Crippen LogP contribution >= 0.6 is 0 Å². The molecule has 8 heteroatoms. The number of nitrogens with two attached hydrogens (primary N) is 1. The van der Waals surface area contributed by atoms with Crippen molar-refractivity contribution in [3.05, 3.63) is 41.6 Å². The van der Waals surface area contributed by atoms with E-state index in [1.165, 1.54) is 30.1 Å². The molecule has 1 aromatic heterocycles. The minimum Gasteiger partial charge on any atom is -0.365 e. The molecule has 21 heavy (non-hydrogen) atoms. The Balaban J connectivity index is 2.53. The van der Waals surface area contributed by atoms with Crippen LogP contribution in [0.4, 0.5) is 5.82 Å². The standard InChI is InChI=1S/C13H16N4O3S/c1-9-4-6-10(7-5-9)21(19,20)17(3)13-11(12(14)18)8-15-16(13)2/h4-8H,1-3H3,(H2,14,18). The molecule has 1 heterocycles. The van der Waals surface area contributed by atoms with E-state index in [-0.39, 0.29) is 16.3 Å². The highest BCUT2D eigenvalue weighted by atomic mass is 32.2. The normalized spacial score (nSPS) is 11.4. The molecule has 0 radical (unpaired) electrons. The van der Waals surface area contributed by atoms with E-state index in [4.69, 9.17) is 5.73 Å². The summed E-state index contributed by atoms with van der Waals surface area (Å²) < 4.78 is 27.5. The Labute approximate surface area is 123 Å². The predicted octanol–water partition coefficient (Wildman–Crippen LogP) is 0.653. The van der Waals surface area contributed by atoms with E-state index in [1.54, 1.807) is 19.2 Å². The van der Waals surface area contributed by atoms with Gasteiger partial charge in [0.25, 0.3) is 15.9 Å². The number of amides is 1. The summed E-state index contributed by atoms with van der Waals surface area (Å²) in [5, 5.41) is 3.89. The summed E-state index contributed by atoms with van der Waals surface area (Å²) in [7, 11) is -0.888. The highest BCUT2D eigenvalue weighted by molar-refractivity contribution is 7.92. The lowest BCUT2D eigenvalue weighted by Crippen LogP contribution is -2.30. The van der Waals surface area contributed by atoms with E-state index in [1.807, 2.05) is 6.92 Å². The highest BCUT2D eigenvalue weighted by Gasteiger charge is 2.27. The predicted molar refractivity (Wildman–Crippen MR) is 78.5 cm³/mol. The molecule has 0 bridgehead atoms. The number of aryl methyl sites for hydroxylation is 2. The molecular formula is C13H16N4O3S. The number of nitrogens with zero attached hydrogens (tertiary/aromatic N) is 3. The number of hydrogen-bond acceptors (Lipinski definition) is 4. The first-order valence-corrected chi connectivity index (χ1v) is 7.56. The summed E-state index contributed by atoms with van der Waals surface area (Å²) in [5.41, 5.74) is 6.26. The molecule has 0 spiro atoms. The largest absolute Gasteiger partial charge is 0.365 e. The van der Waals surface area contributed by atoms with Crippen LogP contribution in [0.2, 0.25) is 0 Å². The lowest BCUT2D eigenvalue weighted by molar-refractivity contribution is 0.100. The fourth-order valence-corrected chi connectivity index (χ4v) is 3.20. The highest BCUT2D eigenvalue weighted by Crippen LogP contribution is 2.25. The van der Waals surface area contributed by atoms with Gasteiger partial charge in [0.2, 0.25) is 0 Å². The van der Waals surface area contributed by atoms with Crippen LogP contribution in [0.5, 0.6) is 0 Å². The quantitative estimate of drug-likeness (QED) is 0.896. The third-order valence-corrected chi connectivity index (χ3v) is 4.91. The van der Waals surface area contributed by atoms with Crippen LogP contribution < -0.4 is 10.0 Å². The van der Waals surface area contributed by atoms with Crippen molar-refractivity contribution in [2.75, 3.05) is 11.4 Å². The van der Waals surface area contributed by atoms with Crippen LogP contribution in [0, 0.1) is 6.92 Å². The van der Waals surface area contributed by atoms with Crippen molar-refractivity contribution in [3.8, 4) is 0 Å². The molecule has 0 aliphatic carbocycles. The number of aromatic nitrogens is 2. The fourth-order valence-electron chi connectivity index (χ4n) is 1.96. The third-order valence-electron chi connectivity index (χ3n) is 3.15. The van der Waals surface area contributed by atoms with Crippen molar-refractivity contribution in [1.82, 2.24) is 9.78 Å². The maximum Gasteiger partial charge on any atom is 0.265 e. The van der Waals surface area contributed by atoms with Gasteiger partial charge in [-0.3, -0.25) is 13.8 Å². The monoisotopic (exact) mass is 308 g/mol. The van der Waals surface area contributed by atoms with Gasteiger partial charge in [0, 0.05) is 14.1 Å². The van der Waals surface area contributed by atoms with Gasteiger partial charge >= 0.3 is 0 Å². The zero-order valence-electron chi connectivity index (χ0n) is 11.9. The average molecular weight is 308 g/mol. The molecular weight excluding hydrogens is 292 g/mol. The zero-order valence-corrected chi connectivity index (χ0v) is 12.8. The number of anilines is 1. The van der Waals surface area contributed by atoms with Gasteiger partial charge in [-0.1, -0.05) is 17.7 Å². The van der Waals surface area contributed by atoms with Crippen LogP contribution in [-0.2, 0) is 17.1 Å². The van der Waals surface area contributed by atoms with Crippen molar-refractivity contribution in [3.63, 3.8) is 0 Å². The van der Waals surface area contributed by atoms with E-state index in [2.05, 4.69) is 5.10 Å². The van der Waals surface area contributed by atoms with Crippen molar-refractivity contribution < 1.29 is 13.2 Å². The first-order valence-electron chi connectivity index (χ1n) is 6.12. The maximum absolute atomic E-state index is 12.6. The lowest BCUT2D eigenvalue weighted by atomic mass is 10.2. The Bertz CT molecular complexity index is 778. The fraction of sp³-hybridized carbons (Fsp3) is 0.231. The number of rotatable bonds is 4. The number of sulfonamides is 1. The molecule has 0 saturated carbocycles. The molecule has 112 valence electrons. The Morgan fingerprint density at radius 1 is 1.29 bits per heavy atom. The molecule has 0 fully saturated rings. The molecule has 0 aliphatic rings. The molecule has 7 nitrogen and oxygen atoms in total. The van der Waals surface area contributed by atoms with Crippen LogP contribution in [0.1, 0.15) is 15.9 Å². The third kappa shape index (κ3) is 2.62. The van der Waals surface area contributed by atoms with E-state index in [0.717, 1.165) is 9.87 Å². The molecule has 0 atom stereocenters. The zero-order chi connectivity index (χ0) is 15.8. The molecule has 0 unspecified atom stereocenters. The Morgan fingerprint density at radius 3 is 2.38 bits per heavy atom. The molecule has 1 aromatic carbocycles. The minimum absolute atomic E-state index is 0.0516. The Hall–Kier alpha value is -2.35. The Kier molecular flexibility index (Phi) is 3.73. The maximum atomic E-state index is 12.6. The smallest absolute Gasteiger partial charge is 0.265 e.